The topological polar surface area (TPSA) is 104 Å². The first kappa shape index (κ1) is 24.0. The van der Waals surface area contributed by atoms with Gasteiger partial charge in [0.25, 0.3) is 0 Å². The Morgan fingerprint density at radius 2 is 1.16 bits per heavy atom. The second-order valence-electron chi connectivity index (χ2n) is 12.4. The summed E-state index contributed by atoms with van der Waals surface area (Å²) in [4.78, 5) is 0. The van der Waals surface area contributed by atoms with Gasteiger partial charge in [-0.25, -0.2) is 0 Å². The third-order valence-electron chi connectivity index (χ3n) is 10.5. The molecule has 4 nitrogen and oxygen atoms in total. The van der Waals surface area contributed by atoms with Crippen molar-refractivity contribution in [1.82, 2.24) is 0 Å². The van der Waals surface area contributed by atoms with E-state index in [4.69, 9.17) is 22.9 Å². The molecule has 0 aromatic carbocycles. The van der Waals surface area contributed by atoms with Gasteiger partial charge in [-0.3, -0.25) is 0 Å². The predicted molar refractivity (Wildman–Crippen MR) is 131 cm³/mol. The van der Waals surface area contributed by atoms with Crippen molar-refractivity contribution in [3.8, 4) is 0 Å². The zero-order valence-electron chi connectivity index (χ0n) is 20.3. The van der Waals surface area contributed by atoms with Gasteiger partial charge in [-0.15, -0.1) is 0 Å². The fraction of sp³-hybridized carbons (Fsp3) is 1.00. The molecule has 4 aliphatic rings. The summed E-state index contributed by atoms with van der Waals surface area (Å²) in [7, 11) is 0. The minimum Gasteiger partial charge on any atom is -0.328 e. The Labute approximate surface area is 192 Å². The van der Waals surface area contributed by atoms with Crippen molar-refractivity contribution in [3.05, 3.63) is 0 Å². The van der Waals surface area contributed by atoms with Crippen LogP contribution >= 0.6 is 0 Å². The molecule has 0 amide bonds. The monoisotopic (exact) mass is 432 g/mol. The quantitative estimate of drug-likeness (QED) is 0.512. The third-order valence-corrected chi connectivity index (χ3v) is 10.5. The van der Waals surface area contributed by atoms with Crippen LogP contribution in [-0.2, 0) is 0 Å². The van der Waals surface area contributed by atoms with E-state index in [0.29, 0.717) is 30.1 Å². The summed E-state index contributed by atoms with van der Waals surface area (Å²) in [5, 5.41) is 0. The molecule has 4 fully saturated rings. The van der Waals surface area contributed by atoms with Gasteiger partial charge in [0.15, 0.2) is 0 Å². The van der Waals surface area contributed by atoms with Crippen molar-refractivity contribution in [2.75, 3.05) is 0 Å². The molecule has 4 saturated carbocycles. The Bertz CT molecular complexity index is 537. The van der Waals surface area contributed by atoms with Crippen LogP contribution in [0.4, 0.5) is 0 Å². The molecule has 0 bridgehead atoms. The average Bonchev–Trinajstić information content (AvgIpc) is 2.77. The summed E-state index contributed by atoms with van der Waals surface area (Å²) in [5.74, 6) is 5.75. The summed E-state index contributed by atoms with van der Waals surface area (Å²) >= 11 is 0. The number of hydrogen-bond acceptors (Lipinski definition) is 4. The minimum atomic E-state index is 0.390. The SMILES string of the molecule is CC(C1CCC(N)CC1)C1CCC(N)C(C2CC(N)CCC2CC2CCC(N)CC2)C1. The highest BCUT2D eigenvalue weighted by atomic mass is 14.7. The molecule has 0 spiro atoms. The van der Waals surface area contributed by atoms with E-state index in [1.54, 1.807) is 0 Å². The van der Waals surface area contributed by atoms with Gasteiger partial charge in [0.05, 0.1) is 0 Å². The molecular weight excluding hydrogens is 380 g/mol. The van der Waals surface area contributed by atoms with Crippen LogP contribution in [0.15, 0.2) is 0 Å². The maximum absolute atomic E-state index is 6.85. The van der Waals surface area contributed by atoms with Gasteiger partial charge >= 0.3 is 0 Å². The third kappa shape index (κ3) is 6.05. The van der Waals surface area contributed by atoms with E-state index < -0.39 is 0 Å². The Balaban J connectivity index is 1.40. The summed E-state index contributed by atoms with van der Waals surface area (Å²) in [6.07, 6.45) is 19.4. The predicted octanol–water partition coefficient (Wildman–Crippen LogP) is 4.53. The van der Waals surface area contributed by atoms with Crippen LogP contribution in [0.1, 0.15) is 103 Å². The Morgan fingerprint density at radius 3 is 1.84 bits per heavy atom. The van der Waals surface area contributed by atoms with Crippen molar-refractivity contribution >= 4 is 0 Å². The van der Waals surface area contributed by atoms with Crippen LogP contribution in [0.25, 0.3) is 0 Å². The first-order valence-electron chi connectivity index (χ1n) is 13.9. The van der Waals surface area contributed by atoms with Crippen LogP contribution < -0.4 is 22.9 Å². The molecule has 4 rings (SSSR count). The first-order valence-corrected chi connectivity index (χ1v) is 13.9. The Kier molecular flexibility index (Phi) is 8.39. The molecule has 0 radical (unpaired) electrons. The molecule has 0 heterocycles. The Hall–Kier alpha value is -0.160. The second-order valence-corrected chi connectivity index (χ2v) is 12.4. The Morgan fingerprint density at radius 1 is 0.581 bits per heavy atom. The average molecular weight is 433 g/mol. The van der Waals surface area contributed by atoms with Crippen LogP contribution in [0.3, 0.4) is 0 Å². The molecular formula is C27H52N4. The van der Waals surface area contributed by atoms with Gasteiger partial charge in [-0.1, -0.05) is 6.92 Å². The lowest BCUT2D eigenvalue weighted by Gasteiger charge is -2.48. The highest BCUT2D eigenvalue weighted by Gasteiger charge is 2.43. The standard InChI is InChI=1S/C27H52N4/c1-17(19-4-10-23(29)11-5-19)20-7-13-27(31)26(15-20)25-16-24(30)12-6-21(25)14-18-2-8-22(28)9-3-18/h17-27H,2-16,28-31H2,1H3. The molecule has 0 saturated heterocycles. The largest absolute Gasteiger partial charge is 0.328 e. The fourth-order valence-corrected chi connectivity index (χ4v) is 8.26. The van der Waals surface area contributed by atoms with Crippen molar-refractivity contribution in [2.24, 2.45) is 64.4 Å². The van der Waals surface area contributed by atoms with Crippen molar-refractivity contribution in [3.63, 3.8) is 0 Å². The lowest BCUT2D eigenvalue weighted by Crippen LogP contribution is -2.48. The maximum Gasteiger partial charge on any atom is 0.00701 e. The lowest BCUT2D eigenvalue weighted by molar-refractivity contribution is 0.0415. The van der Waals surface area contributed by atoms with E-state index in [1.165, 1.54) is 96.3 Å². The van der Waals surface area contributed by atoms with E-state index >= 15 is 0 Å². The van der Waals surface area contributed by atoms with Gasteiger partial charge in [-0.2, -0.15) is 0 Å². The molecule has 31 heavy (non-hydrogen) atoms. The highest BCUT2D eigenvalue weighted by Crippen LogP contribution is 2.48. The number of nitrogens with two attached hydrogens (primary N) is 4. The van der Waals surface area contributed by atoms with Crippen LogP contribution in [0.5, 0.6) is 0 Å². The maximum atomic E-state index is 6.85. The first-order chi connectivity index (χ1) is 14.9. The van der Waals surface area contributed by atoms with Crippen LogP contribution in [0, 0.1) is 41.4 Å². The van der Waals surface area contributed by atoms with Gasteiger partial charge < -0.3 is 22.9 Å². The summed E-state index contributed by atoms with van der Waals surface area (Å²) in [6.45, 7) is 2.55. The molecule has 4 aliphatic carbocycles. The van der Waals surface area contributed by atoms with E-state index in [2.05, 4.69) is 6.92 Å². The molecule has 0 aliphatic heterocycles. The molecule has 8 N–H and O–H groups in total. The van der Waals surface area contributed by atoms with Gasteiger partial charge in [-0.05, 0) is 138 Å². The second kappa shape index (κ2) is 10.8. The van der Waals surface area contributed by atoms with E-state index in [1.807, 2.05) is 0 Å². The molecule has 180 valence electrons. The molecule has 7 atom stereocenters. The molecule has 7 unspecified atom stereocenters. The van der Waals surface area contributed by atoms with E-state index in [-0.39, 0.29) is 0 Å². The molecule has 0 aromatic rings. The van der Waals surface area contributed by atoms with Crippen LogP contribution in [0.2, 0.25) is 0 Å². The van der Waals surface area contributed by atoms with Crippen molar-refractivity contribution in [2.45, 2.75) is 127 Å². The summed E-state index contributed by atoms with van der Waals surface area (Å²) < 4.78 is 0. The van der Waals surface area contributed by atoms with Gasteiger partial charge in [0.1, 0.15) is 0 Å². The summed E-state index contributed by atoms with van der Waals surface area (Å²) in [5.41, 5.74) is 25.8. The van der Waals surface area contributed by atoms with Gasteiger partial charge in [0.2, 0.25) is 0 Å². The highest BCUT2D eigenvalue weighted by molar-refractivity contribution is 4.96. The summed E-state index contributed by atoms with van der Waals surface area (Å²) in [6, 6.07) is 1.69. The van der Waals surface area contributed by atoms with Gasteiger partial charge in [0, 0.05) is 24.2 Å². The van der Waals surface area contributed by atoms with Crippen molar-refractivity contribution in [1.29, 1.82) is 0 Å². The van der Waals surface area contributed by atoms with E-state index in [0.717, 1.165) is 35.5 Å². The minimum absolute atomic E-state index is 0.390. The smallest absolute Gasteiger partial charge is 0.00701 e. The molecule has 4 heteroatoms. The fourth-order valence-electron chi connectivity index (χ4n) is 8.26. The van der Waals surface area contributed by atoms with E-state index in [9.17, 15) is 0 Å². The van der Waals surface area contributed by atoms with Crippen molar-refractivity contribution < 1.29 is 0 Å². The normalized spacial score (nSPS) is 48.3. The zero-order chi connectivity index (χ0) is 22.0. The van der Waals surface area contributed by atoms with Crippen LogP contribution in [-0.4, -0.2) is 24.2 Å². The zero-order valence-corrected chi connectivity index (χ0v) is 20.3. The lowest BCUT2D eigenvalue weighted by atomic mass is 9.59. The number of hydrogen-bond donors (Lipinski definition) is 4. The molecule has 0 aromatic heterocycles. The number of rotatable bonds is 5.